The summed E-state index contributed by atoms with van der Waals surface area (Å²) in [6.45, 7) is 4.26. The average molecular weight is 381 g/mol. The zero-order chi connectivity index (χ0) is 19.9. The molecule has 0 saturated heterocycles. The molecule has 144 valence electrons. The Kier molecular flexibility index (Phi) is 4.31. The van der Waals surface area contributed by atoms with Gasteiger partial charge in [-0.05, 0) is 32.0 Å². The molecule has 0 amide bonds. The van der Waals surface area contributed by atoms with Gasteiger partial charge in [-0.2, -0.15) is 5.10 Å². The number of pyridine rings is 1. The third-order valence-electron chi connectivity index (χ3n) is 4.19. The van der Waals surface area contributed by atoms with Crippen LogP contribution in [0.25, 0.3) is 22.2 Å². The molecule has 0 bridgehead atoms. The fourth-order valence-corrected chi connectivity index (χ4v) is 3.08. The van der Waals surface area contributed by atoms with Gasteiger partial charge in [-0.1, -0.05) is 17.3 Å². The number of anilines is 1. The Bertz CT molecular complexity index is 1140. The van der Waals surface area contributed by atoms with Crippen LogP contribution in [0.3, 0.4) is 0 Å². The van der Waals surface area contributed by atoms with E-state index in [2.05, 4.69) is 20.4 Å². The molecule has 4 aromatic rings. The smallest absolute Gasteiger partial charge is 0.149 e. The van der Waals surface area contributed by atoms with E-state index < -0.39 is 11.4 Å². The number of halogens is 1. The molecular weight excluding hydrogens is 361 g/mol. The molecule has 0 unspecified atom stereocenters. The molecule has 0 aliphatic heterocycles. The van der Waals surface area contributed by atoms with Crippen molar-refractivity contribution in [2.75, 3.05) is 5.73 Å². The van der Waals surface area contributed by atoms with Gasteiger partial charge in [0.15, 0.2) is 0 Å². The average Bonchev–Trinajstić information content (AvgIpc) is 3.24. The number of hydrogen-bond acceptors (Lipinski definition) is 6. The van der Waals surface area contributed by atoms with E-state index in [1.807, 2.05) is 12.3 Å². The summed E-state index contributed by atoms with van der Waals surface area (Å²) in [5.74, 6) is -0.219. The highest BCUT2D eigenvalue weighted by Gasteiger charge is 2.15. The predicted octanol–water partition coefficient (Wildman–Crippen LogP) is 2.23. The molecule has 0 aliphatic carbocycles. The number of rotatable bonds is 5. The Hall–Kier alpha value is -3.33. The van der Waals surface area contributed by atoms with Gasteiger partial charge in [0.2, 0.25) is 0 Å². The molecule has 0 radical (unpaired) electrons. The number of nitrogens with zero attached hydrogens (tertiary/aromatic N) is 6. The molecule has 3 heterocycles. The maximum absolute atomic E-state index is 14.1. The molecule has 0 fully saturated rings. The van der Waals surface area contributed by atoms with Gasteiger partial charge >= 0.3 is 0 Å². The van der Waals surface area contributed by atoms with E-state index in [9.17, 15) is 9.50 Å². The minimum Gasteiger partial charge on any atom is -0.389 e. The first-order chi connectivity index (χ1) is 13.3. The van der Waals surface area contributed by atoms with Crippen molar-refractivity contribution in [2.45, 2.75) is 32.5 Å². The second-order valence-corrected chi connectivity index (χ2v) is 7.35. The van der Waals surface area contributed by atoms with Crippen molar-refractivity contribution in [3.63, 3.8) is 0 Å². The molecule has 0 aliphatic rings. The summed E-state index contributed by atoms with van der Waals surface area (Å²) in [4.78, 5) is 4.08. The highest BCUT2D eigenvalue weighted by molar-refractivity contribution is 5.95. The van der Waals surface area contributed by atoms with E-state index in [4.69, 9.17) is 5.73 Å². The Morgan fingerprint density at radius 2 is 2.04 bits per heavy atom. The van der Waals surface area contributed by atoms with Crippen LogP contribution in [0, 0.1) is 5.82 Å². The number of aromatic nitrogens is 6. The van der Waals surface area contributed by atoms with Crippen molar-refractivity contribution in [1.82, 2.24) is 29.8 Å². The monoisotopic (exact) mass is 381 g/mol. The summed E-state index contributed by atoms with van der Waals surface area (Å²) >= 11 is 0. The minimum absolute atomic E-state index is 0.206. The van der Waals surface area contributed by atoms with Crippen LogP contribution >= 0.6 is 0 Å². The van der Waals surface area contributed by atoms with Crippen molar-refractivity contribution < 1.29 is 9.50 Å². The second kappa shape index (κ2) is 6.68. The molecular formula is C19H20FN7O. The van der Waals surface area contributed by atoms with Crippen LogP contribution in [0.1, 0.15) is 19.5 Å². The third-order valence-corrected chi connectivity index (χ3v) is 4.19. The number of aliphatic hydroxyl groups is 1. The van der Waals surface area contributed by atoms with Crippen LogP contribution in [-0.4, -0.2) is 40.5 Å². The van der Waals surface area contributed by atoms with Crippen molar-refractivity contribution in [3.05, 3.63) is 54.2 Å². The van der Waals surface area contributed by atoms with Crippen molar-refractivity contribution in [3.8, 4) is 11.3 Å². The number of benzene rings is 1. The molecule has 0 spiro atoms. The lowest BCUT2D eigenvalue weighted by atomic mass is 10.1. The number of nitrogens with two attached hydrogens (primary N) is 1. The first-order valence-corrected chi connectivity index (χ1v) is 8.78. The van der Waals surface area contributed by atoms with Crippen LogP contribution < -0.4 is 5.73 Å². The van der Waals surface area contributed by atoms with Crippen LogP contribution in [-0.2, 0) is 13.1 Å². The zero-order valence-corrected chi connectivity index (χ0v) is 15.5. The summed E-state index contributed by atoms with van der Waals surface area (Å²) in [5.41, 5.74) is 7.23. The van der Waals surface area contributed by atoms with Gasteiger partial charge < -0.3 is 10.8 Å². The van der Waals surface area contributed by atoms with E-state index in [1.54, 1.807) is 47.6 Å². The summed E-state index contributed by atoms with van der Waals surface area (Å²) in [6, 6.07) is 8.27. The van der Waals surface area contributed by atoms with Crippen LogP contribution in [0.15, 0.2) is 42.7 Å². The van der Waals surface area contributed by atoms with Gasteiger partial charge in [0.05, 0.1) is 30.6 Å². The molecule has 3 aromatic heterocycles. The number of hydrogen-bond donors (Lipinski definition) is 2. The fraction of sp³-hybridized carbons (Fsp3) is 0.263. The van der Waals surface area contributed by atoms with Gasteiger partial charge in [-0.3, -0.25) is 4.68 Å². The Labute approximate surface area is 160 Å². The standard InChI is InChI=1S/C19H20FN7O/c1-19(2,28)11-26-7-6-12(24-26)9-27-10-16(23-25-27)14-8-17(21)22-18-13(14)4-3-5-15(18)20/h3-8,10,28H,9,11H2,1-2H3,(H2,21,22). The lowest BCUT2D eigenvalue weighted by Crippen LogP contribution is -2.26. The maximum atomic E-state index is 14.1. The zero-order valence-electron chi connectivity index (χ0n) is 15.5. The lowest BCUT2D eigenvalue weighted by Gasteiger charge is -2.16. The summed E-state index contributed by atoms with van der Waals surface area (Å²) < 4.78 is 17.4. The maximum Gasteiger partial charge on any atom is 0.149 e. The highest BCUT2D eigenvalue weighted by Crippen LogP contribution is 2.29. The first kappa shape index (κ1) is 18.1. The van der Waals surface area contributed by atoms with E-state index in [-0.39, 0.29) is 11.3 Å². The van der Waals surface area contributed by atoms with Crippen LogP contribution in [0.4, 0.5) is 10.2 Å². The lowest BCUT2D eigenvalue weighted by molar-refractivity contribution is 0.0576. The van der Waals surface area contributed by atoms with Crippen LogP contribution in [0.2, 0.25) is 0 Å². The molecule has 8 nitrogen and oxygen atoms in total. The Balaban J connectivity index is 1.62. The predicted molar refractivity (Wildman–Crippen MR) is 103 cm³/mol. The molecule has 0 saturated carbocycles. The third kappa shape index (κ3) is 3.70. The molecule has 4 rings (SSSR count). The van der Waals surface area contributed by atoms with E-state index >= 15 is 0 Å². The van der Waals surface area contributed by atoms with E-state index in [1.165, 1.54) is 6.07 Å². The molecule has 9 heteroatoms. The minimum atomic E-state index is -0.846. The Morgan fingerprint density at radius 3 is 2.82 bits per heavy atom. The normalized spacial score (nSPS) is 12.0. The van der Waals surface area contributed by atoms with Gasteiger partial charge in [-0.15, -0.1) is 5.10 Å². The topological polar surface area (TPSA) is 108 Å². The molecule has 1 aromatic carbocycles. The number of nitrogen functional groups attached to an aromatic ring is 1. The van der Waals surface area contributed by atoms with Gasteiger partial charge in [0, 0.05) is 17.1 Å². The number of fused-ring (bicyclic) bond motifs is 1. The number of para-hydroxylation sites is 1. The van der Waals surface area contributed by atoms with Gasteiger partial charge in [0.25, 0.3) is 0 Å². The highest BCUT2D eigenvalue weighted by atomic mass is 19.1. The van der Waals surface area contributed by atoms with Crippen LogP contribution in [0.5, 0.6) is 0 Å². The van der Waals surface area contributed by atoms with E-state index in [0.717, 1.165) is 5.69 Å². The molecule has 28 heavy (non-hydrogen) atoms. The van der Waals surface area contributed by atoms with Crippen molar-refractivity contribution in [2.24, 2.45) is 0 Å². The summed E-state index contributed by atoms with van der Waals surface area (Å²) in [5, 5.41) is 23.3. The second-order valence-electron chi connectivity index (χ2n) is 7.35. The largest absolute Gasteiger partial charge is 0.389 e. The fourth-order valence-electron chi connectivity index (χ4n) is 3.08. The summed E-state index contributed by atoms with van der Waals surface area (Å²) in [6.07, 6.45) is 3.57. The van der Waals surface area contributed by atoms with E-state index in [0.29, 0.717) is 29.7 Å². The van der Waals surface area contributed by atoms with Gasteiger partial charge in [-0.25, -0.2) is 14.1 Å². The SMILES string of the molecule is CC(C)(O)Cn1ccc(Cn2cc(-c3cc(N)nc4c(F)cccc34)nn2)n1. The quantitative estimate of drug-likeness (QED) is 0.549. The van der Waals surface area contributed by atoms with Crippen molar-refractivity contribution >= 4 is 16.7 Å². The molecule has 0 atom stereocenters. The summed E-state index contributed by atoms with van der Waals surface area (Å²) in [7, 11) is 0. The molecule has 3 N–H and O–H groups in total. The van der Waals surface area contributed by atoms with Gasteiger partial charge in [0.1, 0.15) is 22.8 Å². The Morgan fingerprint density at radius 1 is 1.21 bits per heavy atom. The first-order valence-electron chi connectivity index (χ1n) is 8.78. The van der Waals surface area contributed by atoms with Crippen molar-refractivity contribution in [1.29, 1.82) is 0 Å².